The van der Waals surface area contributed by atoms with E-state index in [9.17, 15) is 4.79 Å². The summed E-state index contributed by atoms with van der Waals surface area (Å²) in [6, 6.07) is 15.5. The number of benzene rings is 2. The third-order valence-electron chi connectivity index (χ3n) is 3.42. The summed E-state index contributed by atoms with van der Waals surface area (Å²) in [6.07, 6.45) is 0. The standard InChI is InChI=1S/C19H23NO3S/c1-4-23-17-7-5-6-15(12-17)13-20-19(21)14(2)24-18-10-8-16(22-3)9-11-18/h5-12,14H,4,13H2,1-3H3,(H,20,21)/t14-/m0/s1. The highest BCUT2D eigenvalue weighted by Gasteiger charge is 2.14. The molecule has 1 atom stereocenters. The number of carbonyl (C=O) groups excluding carboxylic acids is 1. The molecule has 128 valence electrons. The maximum atomic E-state index is 12.3. The Hall–Kier alpha value is -2.14. The van der Waals surface area contributed by atoms with E-state index in [0.29, 0.717) is 13.2 Å². The van der Waals surface area contributed by atoms with Crippen LogP contribution in [0, 0.1) is 0 Å². The van der Waals surface area contributed by atoms with Crippen LogP contribution in [0.15, 0.2) is 53.4 Å². The minimum absolute atomic E-state index is 0.0117. The summed E-state index contributed by atoms with van der Waals surface area (Å²) < 4.78 is 10.6. The van der Waals surface area contributed by atoms with Crippen LogP contribution in [0.4, 0.5) is 0 Å². The number of hydrogen-bond donors (Lipinski definition) is 1. The Morgan fingerprint density at radius 3 is 2.58 bits per heavy atom. The monoisotopic (exact) mass is 345 g/mol. The molecular formula is C19H23NO3S. The summed E-state index contributed by atoms with van der Waals surface area (Å²) in [5.74, 6) is 1.65. The van der Waals surface area contributed by atoms with Crippen molar-refractivity contribution in [1.29, 1.82) is 0 Å². The molecule has 5 heteroatoms. The molecule has 2 aromatic carbocycles. The maximum absolute atomic E-state index is 12.3. The van der Waals surface area contributed by atoms with Gasteiger partial charge in [0.25, 0.3) is 0 Å². The fourth-order valence-corrected chi connectivity index (χ4v) is 3.05. The van der Waals surface area contributed by atoms with Crippen molar-refractivity contribution < 1.29 is 14.3 Å². The molecule has 0 aliphatic rings. The van der Waals surface area contributed by atoms with Gasteiger partial charge in [0, 0.05) is 11.4 Å². The van der Waals surface area contributed by atoms with Crippen molar-refractivity contribution in [1.82, 2.24) is 5.32 Å². The van der Waals surface area contributed by atoms with Gasteiger partial charge in [-0.1, -0.05) is 12.1 Å². The summed E-state index contributed by atoms with van der Waals surface area (Å²) >= 11 is 1.52. The average molecular weight is 345 g/mol. The molecule has 24 heavy (non-hydrogen) atoms. The Labute approximate surface area is 147 Å². The van der Waals surface area contributed by atoms with Crippen LogP contribution in [0.2, 0.25) is 0 Å². The summed E-state index contributed by atoms with van der Waals surface area (Å²) in [6.45, 7) is 4.98. The number of carbonyl (C=O) groups is 1. The third kappa shape index (κ3) is 5.49. The van der Waals surface area contributed by atoms with Gasteiger partial charge in [-0.3, -0.25) is 4.79 Å². The fourth-order valence-electron chi connectivity index (χ4n) is 2.16. The maximum Gasteiger partial charge on any atom is 0.233 e. The first-order chi connectivity index (χ1) is 11.6. The molecule has 0 saturated heterocycles. The minimum atomic E-state index is -0.173. The molecular weight excluding hydrogens is 322 g/mol. The smallest absolute Gasteiger partial charge is 0.233 e. The average Bonchev–Trinajstić information content (AvgIpc) is 2.61. The summed E-state index contributed by atoms with van der Waals surface area (Å²) in [5, 5.41) is 2.80. The first kappa shape index (κ1) is 18.2. The van der Waals surface area contributed by atoms with E-state index in [2.05, 4.69) is 5.32 Å². The number of methoxy groups -OCH3 is 1. The SMILES string of the molecule is CCOc1cccc(CNC(=O)[C@H](C)Sc2ccc(OC)cc2)c1. The van der Waals surface area contributed by atoms with E-state index in [-0.39, 0.29) is 11.2 Å². The van der Waals surface area contributed by atoms with Crippen molar-refractivity contribution in [3.8, 4) is 11.5 Å². The lowest BCUT2D eigenvalue weighted by molar-refractivity contribution is -0.120. The van der Waals surface area contributed by atoms with Crippen LogP contribution in [0.3, 0.4) is 0 Å². The molecule has 0 bridgehead atoms. The summed E-state index contributed by atoms with van der Waals surface area (Å²) in [4.78, 5) is 13.3. The number of thioether (sulfide) groups is 1. The molecule has 0 fully saturated rings. The van der Waals surface area contributed by atoms with Gasteiger partial charge >= 0.3 is 0 Å². The van der Waals surface area contributed by atoms with E-state index in [1.54, 1.807) is 7.11 Å². The van der Waals surface area contributed by atoms with E-state index in [1.165, 1.54) is 11.8 Å². The quantitative estimate of drug-likeness (QED) is 0.737. The van der Waals surface area contributed by atoms with Crippen molar-refractivity contribution in [2.24, 2.45) is 0 Å². The van der Waals surface area contributed by atoms with Crippen molar-refractivity contribution in [3.63, 3.8) is 0 Å². The molecule has 0 spiro atoms. The van der Waals surface area contributed by atoms with E-state index in [0.717, 1.165) is 22.0 Å². The molecule has 0 aliphatic heterocycles. The van der Waals surface area contributed by atoms with Crippen LogP contribution in [-0.4, -0.2) is 24.9 Å². The highest BCUT2D eigenvalue weighted by atomic mass is 32.2. The highest BCUT2D eigenvalue weighted by Crippen LogP contribution is 2.25. The predicted octanol–water partition coefficient (Wildman–Crippen LogP) is 3.89. The number of hydrogen-bond acceptors (Lipinski definition) is 4. The molecule has 0 saturated carbocycles. The van der Waals surface area contributed by atoms with Gasteiger partial charge in [-0.15, -0.1) is 11.8 Å². The molecule has 1 N–H and O–H groups in total. The van der Waals surface area contributed by atoms with Crippen molar-refractivity contribution >= 4 is 17.7 Å². The van der Waals surface area contributed by atoms with Crippen LogP contribution in [0.5, 0.6) is 11.5 Å². The number of rotatable bonds is 8. The van der Waals surface area contributed by atoms with Gasteiger partial charge in [-0.05, 0) is 55.8 Å². The molecule has 0 aliphatic carbocycles. The van der Waals surface area contributed by atoms with E-state index < -0.39 is 0 Å². The Bertz CT molecular complexity index is 658. The van der Waals surface area contributed by atoms with Crippen LogP contribution >= 0.6 is 11.8 Å². The fraction of sp³-hybridized carbons (Fsp3) is 0.316. The summed E-state index contributed by atoms with van der Waals surface area (Å²) in [7, 11) is 1.64. The Morgan fingerprint density at radius 1 is 1.17 bits per heavy atom. The van der Waals surface area contributed by atoms with Gasteiger partial charge in [0.1, 0.15) is 11.5 Å². The van der Waals surface area contributed by atoms with Gasteiger partial charge in [0.05, 0.1) is 19.0 Å². The Morgan fingerprint density at radius 2 is 1.92 bits per heavy atom. The van der Waals surface area contributed by atoms with E-state index >= 15 is 0 Å². The van der Waals surface area contributed by atoms with Crippen molar-refractivity contribution in [2.75, 3.05) is 13.7 Å². The van der Waals surface area contributed by atoms with Gasteiger partial charge in [0.15, 0.2) is 0 Å². The lowest BCUT2D eigenvalue weighted by Gasteiger charge is -2.13. The summed E-state index contributed by atoms with van der Waals surface area (Å²) in [5.41, 5.74) is 1.02. The van der Waals surface area contributed by atoms with Crippen LogP contribution in [-0.2, 0) is 11.3 Å². The Balaban J connectivity index is 1.85. The first-order valence-corrected chi connectivity index (χ1v) is 8.80. The van der Waals surface area contributed by atoms with Crippen molar-refractivity contribution in [3.05, 3.63) is 54.1 Å². The molecule has 0 aromatic heterocycles. The molecule has 4 nitrogen and oxygen atoms in total. The molecule has 0 radical (unpaired) electrons. The van der Waals surface area contributed by atoms with Gasteiger partial charge in [-0.2, -0.15) is 0 Å². The van der Waals surface area contributed by atoms with Crippen LogP contribution < -0.4 is 14.8 Å². The zero-order chi connectivity index (χ0) is 17.4. The minimum Gasteiger partial charge on any atom is -0.497 e. The molecule has 2 rings (SSSR count). The number of ether oxygens (including phenoxy) is 2. The van der Waals surface area contributed by atoms with Crippen LogP contribution in [0.25, 0.3) is 0 Å². The largest absolute Gasteiger partial charge is 0.497 e. The molecule has 0 unspecified atom stereocenters. The van der Waals surface area contributed by atoms with Gasteiger partial charge in [-0.25, -0.2) is 0 Å². The first-order valence-electron chi connectivity index (χ1n) is 7.92. The third-order valence-corrected chi connectivity index (χ3v) is 4.53. The molecule has 0 heterocycles. The lowest BCUT2D eigenvalue weighted by Crippen LogP contribution is -2.30. The van der Waals surface area contributed by atoms with E-state index in [1.807, 2.05) is 62.4 Å². The molecule has 2 aromatic rings. The van der Waals surface area contributed by atoms with E-state index in [4.69, 9.17) is 9.47 Å². The Kier molecular flexibility index (Phi) is 7.00. The topological polar surface area (TPSA) is 47.6 Å². The lowest BCUT2D eigenvalue weighted by atomic mass is 10.2. The van der Waals surface area contributed by atoms with Crippen LogP contribution in [0.1, 0.15) is 19.4 Å². The predicted molar refractivity (Wildman–Crippen MR) is 97.8 cm³/mol. The van der Waals surface area contributed by atoms with Gasteiger partial charge < -0.3 is 14.8 Å². The number of nitrogens with one attached hydrogen (secondary N) is 1. The normalized spacial score (nSPS) is 11.6. The number of amides is 1. The van der Waals surface area contributed by atoms with Gasteiger partial charge in [0.2, 0.25) is 5.91 Å². The second kappa shape index (κ2) is 9.23. The zero-order valence-electron chi connectivity index (χ0n) is 14.2. The van der Waals surface area contributed by atoms with Crippen molar-refractivity contribution in [2.45, 2.75) is 30.5 Å². The second-order valence-electron chi connectivity index (χ2n) is 5.23. The second-order valence-corrected chi connectivity index (χ2v) is 6.65. The molecule has 1 amide bonds. The zero-order valence-corrected chi connectivity index (χ0v) is 15.1. The highest BCUT2D eigenvalue weighted by molar-refractivity contribution is 8.00.